The van der Waals surface area contributed by atoms with Crippen molar-refractivity contribution < 1.29 is 8.42 Å². The van der Waals surface area contributed by atoms with Crippen LogP contribution in [0.5, 0.6) is 0 Å². The summed E-state index contributed by atoms with van der Waals surface area (Å²) in [5.74, 6) is 0. The van der Waals surface area contributed by atoms with Crippen LogP contribution in [0, 0.1) is 0 Å². The van der Waals surface area contributed by atoms with Crippen LogP contribution in [0.15, 0.2) is 0 Å². The van der Waals surface area contributed by atoms with Crippen LogP contribution < -0.4 is 4.72 Å². The van der Waals surface area contributed by atoms with Crippen molar-refractivity contribution in [2.24, 2.45) is 0 Å². The number of hydrogen-bond donors (Lipinski definition) is 1. The van der Waals surface area contributed by atoms with E-state index in [1.807, 2.05) is 18.9 Å². The third-order valence-corrected chi connectivity index (χ3v) is 2.18. The second kappa shape index (κ2) is 4.92. The molecule has 0 saturated carbocycles. The van der Waals surface area contributed by atoms with Crippen LogP contribution in [0.1, 0.15) is 6.92 Å². The summed E-state index contributed by atoms with van der Waals surface area (Å²) >= 11 is 0. The predicted octanol–water partition coefficient (Wildman–Crippen LogP) is 0.0113. The molecule has 1 N–H and O–H groups in total. The SMILES string of the molecule is CCN(C)CCNS(=O)(=O)Cl. The summed E-state index contributed by atoms with van der Waals surface area (Å²) in [5.41, 5.74) is 0. The van der Waals surface area contributed by atoms with Gasteiger partial charge in [-0.15, -0.1) is 0 Å². The lowest BCUT2D eigenvalue weighted by atomic mass is 10.5. The molecule has 0 aliphatic rings. The zero-order chi connectivity index (χ0) is 8.91. The van der Waals surface area contributed by atoms with Gasteiger partial charge in [0.15, 0.2) is 0 Å². The van der Waals surface area contributed by atoms with Gasteiger partial charge in [0.2, 0.25) is 0 Å². The van der Waals surface area contributed by atoms with E-state index in [1.165, 1.54) is 0 Å². The Hall–Kier alpha value is 0.160. The fraction of sp³-hybridized carbons (Fsp3) is 1.00. The van der Waals surface area contributed by atoms with E-state index in [-0.39, 0.29) is 0 Å². The molecular formula is C5H13ClN2O2S. The second-order valence-electron chi connectivity index (χ2n) is 2.23. The first-order valence-corrected chi connectivity index (χ1v) is 5.64. The van der Waals surface area contributed by atoms with Crippen molar-refractivity contribution in [2.45, 2.75) is 6.92 Å². The fourth-order valence-electron chi connectivity index (χ4n) is 0.517. The van der Waals surface area contributed by atoms with Crippen molar-refractivity contribution >= 4 is 19.9 Å². The molecule has 11 heavy (non-hydrogen) atoms. The largest absolute Gasteiger partial charge is 0.305 e. The molecule has 6 heteroatoms. The van der Waals surface area contributed by atoms with Gasteiger partial charge in [0.1, 0.15) is 0 Å². The maximum Gasteiger partial charge on any atom is 0.297 e. The van der Waals surface area contributed by atoms with E-state index in [0.29, 0.717) is 13.1 Å². The van der Waals surface area contributed by atoms with Crippen molar-refractivity contribution in [3.63, 3.8) is 0 Å². The number of likely N-dealkylation sites (N-methyl/N-ethyl adjacent to an activating group) is 1. The number of hydrogen-bond acceptors (Lipinski definition) is 3. The van der Waals surface area contributed by atoms with E-state index in [9.17, 15) is 8.42 Å². The maximum absolute atomic E-state index is 10.3. The van der Waals surface area contributed by atoms with Crippen molar-refractivity contribution in [3.05, 3.63) is 0 Å². The number of nitrogens with one attached hydrogen (secondary N) is 1. The Labute approximate surface area is 72.1 Å². The Morgan fingerprint density at radius 1 is 1.55 bits per heavy atom. The molecule has 4 nitrogen and oxygen atoms in total. The molecule has 0 heterocycles. The van der Waals surface area contributed by atoms with Gasteiger partial charge in [-0.3, -0.25) is 0 Å². The van der Waals surface area contributed by atoms with Crippen LogP contribution in [-0.2, 0) is 9.24 Å². The average molecular weight is 201 g/mol. The molecule has 0 bridgehead atoms. The molecule has 0 radical (unpaired) electrons. The fourth-order valence-corrected chi connectivity index (χ4v) is 1.08. The van der Waals surface area contributed by atoms with Gasteiger partial charge in [-0.1, -0.05) is 6.92 Å². The highest BCUT2D eigenvalue weighted by Crippen LogP contribution is 1.88. The van der Waals surface area contributed by atoms with Crippen LogP contribution in [0.4, 0.5) is 0 Å². The van der Waals surface area contributed by atoms with Crippen molar-refractivity contribution in [3.8, 4) is 0 Å². The summed E-state index contributed by atoms with van der Waals surface area (Å²) in [6.07, 6.45) is 0. The number of halogens is 1. The average Bonchev–Trinajstić information content (AvgIpc) is 1.85. The van der Waals surface area contributed by atoms with Gasteiger partial charge >= 0.3 is 0 Å². The molecule has 0 aromatic rings. The van der Waals surface area contributed by atoms with E-state index in [2.05, 4.69) is 4.72 Å². The van der Waals surface area contributed by atoms with Gasteiger partial charge in [-0.2, -0.15) is 8.42 Å². The molecule has 0 aliphatic carbocycles. The minimum Gasteiger partial charge on any atom is -0.305 e. The van der Waals surface area contributed by atoms with Crippen molar-refractivity contribution in [2.75, 3.05) is 26.7 Å². The lowest BCUT2D eigenvalue weighted by Crippen LogP contribution is -2.30. The molecule has 0 aliphatic heterocycles. The molecular weight excluding hydrogens is 188 g/mol. The molecule has 0 unspecified atom stereocenters. The standard InChI is InChI=1S/C5H13ClN2O2S/c1-3-8(2)5-4-7-11(6,9)10/h7H,3-5H2,1-2H3. The normalized spacial score (nSPS) is 12.4. The Morgan fingerprint density at radius 2 is 2.09 bits per heavy atom. The first-order chi connectivity index (χ1) is 4.95. The monoisotopic (exact) mass is 200 g/mol. The van der Waals surface area contributed by atoms with Crippen LogP contribution >= 0.6 is 10.7 Å². The summed E-state index contributed by atoms with van der Waals surface area (Å²) in [5, 5.41) is 0. The highest BCUT2D eigenvalue weighted by Gasteiger charge is 2.02. The third kappa shape index (κ3) is 8.06. The van der Waals surface area contributed by atoms with E-state index >= 15 is 0 Å². The van der Waals surface area contributed by atoms with Gasteiger partial charge in [-0.25, -0.2) is 4.72 Å². The predicted molar refractivity (Wildman–Crippen MR) is 45.9 cm³/mol. The summed E-state index contributed by atoms with van der Waals surface area (Å²) in [7, 11) is 3.28. The first-order valence-electron chi connectivity index (χ1n) is 3.33. The van der Waals surface area contributed by atoms with Gasteiger partial charge in [0, 0.05) is 23.8 Å². The molecule has 0 rings (SSSR count). The molecule has 0 amide bonds. The minimum atomic E-state index is -3.53. The minimum absolute atomic E-state index is 0.357. The highest BCUT2D eigenvalue weighted by molar-refractivity contribution is 8.12. The summed E-state index contributed by atoms with van der Waals surface area (Å²) < 4.78 is 22.9. The molecule has 0 saturated heterocycles. The summed E-state index contributed by atoms with van der Waals surface area (Å²) in [6.45, 7) is 3.91. The molecule has 0 fully saturated rings. The molecule has 0 atom stereocenters. The Morgan fingerprint density at radius 3 is 2.45 bits per heavy atom. The van der Waals surface area contributed by atoms with Crippen LogP contribution in [0.3, 0.4) is 0 Å². The van der Waals surface area contributed by atoms with E-state index in [1.54, 1.807) is 0 Å². The Bertz CT molecular complexity index is 193. The van der Waals surface area contributed by atoms with Crippen LogP contribution in [0.2, 0.25) is 0 Å². The quantitative estimate of drug-likeness (QED) is 0.637. The Kier molecular flexibility index (Phi) is 4.99. The third-order valence-electron chi connectivity index (χ3n) is 1.31. The molecule has 0 spiro atoms. The zero-order valence-electron chi connectivity index (χ0n) is 6.67. The smallest absolute Gasteiger partial charge is 0.297 e. The van der Waals surface area contributed by atoms with Crippen LogP contribution in [0.25, 0.3) is 0 Å². The number of nitrogens with zero attached hydrogens (tertiary/aromatic N) is 1. The summed E-state index contributed by atoms with van der Waals surface area (Å²) in [4.78, 5) is 1.98. The van der Waals surface area contributed by atoms with Crippen molar-refractivity contribution in [1.29, 1.82) is 0 Å². The van der Waals surface area contributed by atoms with Gasteiger partial charge in [0.25, 0.3) is 9.24 Å². The molecule has 0 aromatic heterocycles. The highest BCUT2D eigenvalue weighted by atomic mass is 35.7. The van der Waals surface area contributed by atoms with Crippen molar-refractivity contribution in [1.82, 2.24) is 9.62 Å². The van der Waals surface area contributed by atoms with E-state index < -0.39 is 9.24 Å². The van der Waals surface area contributed by atoms with E-state index in [0.717, 1.165) is 6.54 Å². The van der Waals surface area contributed by atoms with Gasteiger partial charge in [0.05, 0.1) is 0 Å². The second-order valence-corrected chi connectivity index (χ2v) is 4.61. The number of rotatable bonds is 5. The van der Waals surface area contributed by atoms with E-state index in [4.69, 9.17) is 10.7 Å². The first kappa shape index (κ1) is 11.2. The molecule has 0 aromatic carbocycles. The van der Waals surface area contributed by atoms with Crippen LogP contribution in [-0.4, -0.2) is 40.0 Å². The Balaban J connectivity index is 3.43. The summed E-state index contributed by atoms with van der Waals surface area (Å²) in [6, 6.07) is 0. The molecule has 68 valence electrons. The zero-order valence-corrected chi connectivity index (χ0v) is 8.24. The lowest BCUT2D eigenvalue weighted by Gasteiger charge is -2.12. The van der Waals surface area contributed by atoms with Gasteiger partial charge in [-0.05, 0) is 13.6 Å². The topological polar surface area (TPSA) is 49.4 Å². The van der Waals surface area contributed by atoms with Gasteiger partial charge < -0.3 is 4.90 Å². The maximum atomic E-state index is 10.3. The lowest BCUT2D eigenvalue weighted by molar-refractivity contribution is 0.358.